The molecule has 0 saturated heterocycles. The van der Waals surface area contributed by atoms with Crippen LogP contribution in [-0.4, -0.2) is 51.1 Å². The highest BCUT2D eigenvalue weighted by Crippen LogP contribution is 2.24. The first-order valence-corrected chi connectivity index (χ1v) is 10.2. The minimum atomic E-state index is -3.27. The van der Waals surface area contributed by atoms with Gasteiger partial charge in [0.15, 0.2) is 0 Å². The van der Waals surface area contributed by atoms with Gasteiger partial charge in [0.25, 0.3) is 5.91 Å². The van der Waals surface area contributed by atoms with Crippen molar-refractivity contribution in [2.75, 3.05) is 26.5 Å². The van der Waals surface area contributed by atoms with E-state index in [9.17, 15) is 13.2 Å². The third kappa shape index (κ3) is 5.21. The van der Waals surface area contributed by atoms with E-state index in [1.54, 1.807) is 35.7 Å². The lowest BCUT2D eigenvalue weighted by Crippen LogP contribution is -2.45. The van der Waals surface area contributed by atoms with Gasteiger partial charge >= 0.3 is 0 Å². The summed E-state index contributed by atoms with van der Waals surface area (Å²) >= 11 is 0. The molecule has 1 amide bonds. The summed E-state index contributed by atoms with van der Waals surface area (Å²) in [5.74, 6) is 0.474. The van der Waals surface area contributed by atoms with Crippen LogP contribution in [0.4, 0.5) is 0 Å². The number of carbonyl (C=O) groups is 1. The summed E-state index contributed by atoms with van der Waals surface area (Å²) in [6.45, 7) is 0.611. The monoisotopic (exact) mass is 354 g/mol. The maximum atomic E-state index is 12.1. The zero-order chi connectivity index (χ0) is 17.6. The Hall–Kier alpha value is -1.60. The van der Waals surface area contributed by atoms with Gasteiger partial charge in [0, 0.05) is 24.7 Å². The van der Waals surface area contributed by atoms with E-state index in [1.165, 1.54) is 12.7 Å². The van der Waals surface area contributed by atoms with Crippen molar-refractivity contribution in [2.45, 2.75) is 38.1 Å². The van der Waals surface area contributed by atoms with Crippen LogP contribution in [0, 0.1) is 0 Å². The topological polar surface area (TPSA) is 75.7 Å². The minimum Gasteiger partial charge on any atom is -0.497 e. The smallest absolute Gasteiger partial charge is 0.251 e. The number of nitrogens with zero attached hydrogens (tertiary/aromatic N) is 1. The molecule has 6 nitrogen and oxygen atoms in total. The van der Waals surface area contributed by atoms with Crippen molar-refractivity contribution in [3.8, 4) is 5.75 Å². The molecule has 0 bridgehead atoms. The quantitative estimate of drug-likeness (QED) is 0.813. The van der Waals surface area contributed by atoms with Crippen LogP contribution in [0.15, 0.2) is 24.3 Å². The van der Waals surface area contributed by atoms with E-state index in [1.807, 2.05) is 0 Å². The third-order valence-corrected chi connectivity index (χ3v) is 5.71. The fourth-order valence-corrected chi connectivity index (χ4v) is 4.29. The summed E-state index contributed by atoms with van der Waals surface area (Å²) in [6, 6.07) is 6.87. The molecule has 0 spiro atoms. The Labute approximate surface area is 144 Å². The van der Waals surface area contributed by atoms with Gasteiger partial charge in [0.1, 0.15) is 5.75 Å². The van der Waals surface area contributed by atoms with Crippen LogP contribution >= 0.6 is 0 Å². The van der Waals surface area contributed by atoms with Crippen molar-refractivity contribution in [3.05, 3.63) is 29.8 Å². The van der Waals surface area contributed by atoms with Gasteiger partial charge in [-0.1, -0.05) is 19.3 Å². The molecule has 0 heterocycles. The molecule has 0 atom stereocenters. The van der Waals surface area contributed by atoms with E-state index in [2.05, 4.69) is 5.32 Å². The summed E-state index contributed by atoms with van der Waals surface area (Å²) in [5, 5.41) is 2.79. The predicted molar refractivity (Wildman–Crippen MR) is 93.8 cm³/mol. The van der Waals surface area contributed by atoms with Crippen LogP contribution in [0.5, 0.6) is 5.75 Å². The average Bonchev–Trinajstić information content (AvgIpc) is 2.58. The molecular formula is C17H26N2O4S. The molecule has 1 aromatic carbocycles. The van der Waals surface area contributed by atoms with Gasteiger partial charge in [-0.3, -0.25) is 4.79 Å². The Balaban J connectivity index is 1.90. The molecule has 1 fully saturated rings. The second kappa shape index (κ2) is 8.48. The number of benzene rings is 1. The molecule has 0 radical (unpaired) electrons. The highest BCUT2D eigenvalue weighted by molar-refractivity contribution is 7.88. The number of ether oxygens (including phenoxy) is 1. The van der Waals surface area contributed by atoms with E-state index < -0.39 is 10.0 Å². The predicted octanol–water partition coefficient (Wildman–Crippen LogP) is 2.02. The number of carbonyl (C=O) groups excluding carboxylic acids is 1. The second-order valence-corrected chi connectivity index (χ2v) is 8.09. The zero-order valence-corrected chi connectivity index (χ0v) is 15.1. The van der Waals surface area contributed by atoms with Crippen molar-refractivity contribution >= 4 is 15.9 Å². The van der Waals surface area contributed by atoms with Crippen molar-refractivity contribution in [3.63, 3.8) is 0 Å². The van der Waals surface area contributed by atoms with E-state index in [0.717, 1.165) is 25.7 Å². The number of amides is 1. The van der Waals surface area contributed by atoms with E-state index in [4.69, 9.17) is 4.74 Å². The summed E-state index contributed by atoms with van der Waals surface area (Å²) in [7, 11) is -1.70. The zero-order valence-electron chi connectivity index (χ0n) is 14.3. The molecule has 1 aliphatic carbocycles. The molecule has 0 aromatic heterocycles. The molecule has 134 valence electrons. The standard InChI is InChI=1S/C17H26N2O4S/c1-23-16-10-8-14(9-11-16)17(20)18-12-13-19(24(2,21)22)15-6-4-3-5-7-15/h8-11,15H,3-7,12-13H2,1-2H3,(H,18,20). The van der Waals surface area contributed by atoms with E-state index in [-0.39, 0.29) is 11.9 Å². The third-order valence-electron chi connectivity index (χ3n) is 4.38. The summed E-state index contributed by atoms with van der Waals surface area (Å²) in [4.78, 5) is 12.1. The van der Waals surface area contributed by atoms with E-state index >= 15 is 0 Å². The Morgan fingerprint density at radius 1 is 1.21 bits per heavy atom. The average molecular weight is 354 g/mol. The Morgan fingerprint density at radius 3 is 2.38 bits per heavy atom. The SMILES string of the molecule is COc1ccc(C(=O)NCCN(C2CCCCC2)S(C)(=O)=O)cc1. The van der Waals surface area contributed by atoms with Crippen LogP contribution in [0.1, 0.15) is 42.5 Å². The largest absolute Gasteiger partial charge is 0.497 e. The first-order chi connectivity index (χ1) is 11.4. The van der Waals surface area contributed by atoms with Crippen LogP contribution in [-0.2, 0) is 10.0 Å². The van der Waals surface area contributed by atoms with Crippen LogP contribution in [0.3, 0.4) is 0 Å². The lowest BCUT2D eigenvalue weighted by atomic mass is 9.95. The molecule has 0 aliphatic heterocycles. The number of sulfonamides is 1. The van der Waals surface area contributed by atoms with Crippen LogP contribution in [0.2, 0.25) is 0 Å². The van der Waals surface area contributed by atoms with Crippen molar-refractivity contribution in [1.82, 2.24) is 9.62 Å². The number of hydrogen-bond donors (Lipinski definition) is 1. The van der Waals surface area contributed by atoms with Crippen molar-refractivity contribution in [2.24, 2.45) is 0 Å². The minimum absolute atomic E-state index is 0.0617. The maximum absolute atomic E-state index is 12.1. The fraction of sp³-hybridized carbons (Fsp3) is 0.588. The lowest BCUT2D eigenvalue weighted by Gasteiger charge is -2.32. The maximum Gasteiger partial charge on any atom is 0.251 e. The molecule has 1 N–H and O–H groups in total. The van der Waals surface area contributed by atoms with Crippen molar-refractivity contribution in [1.29, 1.82) is 0 Å². The lowest BCUT2D eigenvalue weighted by molar-refractivity contribution is 0.0949. The summed E-state index contributed by atoms with van der Waals surface area (Å²) in [5.41, 5.74) is 0.527. The summed E-state index contributed by atoms with van der Waals surface area (Å²) in [6.07, 6.45) is 6.35. The normalized spacial score (nSPS) is 16.1. The molecule has 1 aliphatic rings. The van der Waals surface area contributed by atoms with Gasteiger partial charge in [-0.25, -0.2) is 8.42 Å². The molecule has 1 aromatic rings. The number of methoxy groups -OCH3 is 1. The second-order valence-electron chi connectivity index (χ2n) is 6.15. The van der Waals surface area contributed by atoms with E-state index in [0.29, 0.717) is 24.4 Å². The first kappa shape index (κ1) is 18.7. The first-order valence-electron chi connectivity index (χ1n) is 8.31. The Kier molecular flexibility index (Phi) is 6.62. The highest BCUT2D eigenvalue weighted by Gasteiger charge is 2.27. The van der Waals surface area contributed by atoms with Gasteiger partial charge in [-0.2, -0.15) is 4.31 Å². The van der Waals surface area contributed by atoms with Gasteiger partial charge in [0.05, 0.1) is 13.4 Å². The Bertz CT molecular complexity index is 637. The molecule has 7 heteroatoms. The van der Waals surface area contributed by atoms with Crippen molar-refractivity contribution < 1.29 is 17.9 Å². The van der Waals surface area contributed by atoms with Gasteiger partial charge in [0.2, 0.25) is 10.0 Å². The molecule has 2 rings (SSSR count). The number of rotatable bonds is 7. The number of hydrogen-bond acceptors (Lipinski definition) is 4. The van der Waals surface area contributed by atoms with Gasteiger partial charge in [-0.05, 0) is 37.1 Å². The molecule has 1 saturated carbocycles. The van der Waals surface area contributed by atoms with Crippen LogP contribution < -0.4 is 10.1 Å². The van der Waals surface area contributed by atoms with Gasteiger partial charge < -0.3 is 10.1 Å². The van der Waals surface area contributed by atoms with Gasteiger partial charge in [-0.15, -0.1) is 0 Å². The van der Waals surface area contributed by atoms with Crippen LogP contribution in [0.25, 0.3) is 0 Å². The molecule has 0 unspecified atom stereocenters. The molecular weight excluding hydrogens is 328 g/mol. The Morgan fingerprint density at radius 2 is 1.83 bits per heavy atom. The number of nitrogens with one attached hydrogen (secondary N) is 1. The fourth-order valence-electron chi connectivity index (χ4n) is 3.11. The molecule has 24 heavy (non-hydrogen) atoms. The summed E-state index contributed by atoms with van der Waals surface area (Å²) < 4.78 is 30.7. The highest BCUT2D eigenvalue weighted by atomic mass is 32.2.